The second kappa shape index (κ2) is 6.42. The summed E-state index contributed by atoms with van der Waals surface area (Å²) in [5.74, 6) is 0.467. The van der Waals surface area contributed by atoms with Gasteiger partial charge in [0.15, 0.2) is 0 Å². The number of hydrogen-bond donors (Lipinski definition) is 0. The molecule has 1 aliphatic rings. The lowest BCUT2D eigenvalue weighted by Gasteiger charge is -2.22. The van der Waals surface area contributed by atoms with Gasteiger partial charge in [-0.2, -0.15) is 0 Å². The fourth-order valence-electron chi connectivity index (χ4n) is 3.72. The van der Waals surface area contributed by atoms with E-state index in [-0.39, 0.29) is 11.9 Å². The van der Waals surface area contributed by atoms with Gasteiger partial charge >= 0.3 is 0 Å². The molecule has 0 saturated carbocycles. The van der Waals surface area contributed by atoms with Gasteiger partial charge in [0.2, 0.25) is 5.95 Å². The van der Waals surface area contributed by atoms with E-state index < -0.39 is 0 Å². The number of aromatic nitrogens is 5. The first-order valence-corrected chi connectivity index (χ1v) is 8.94. The second-order valence-electron chi connectivity index (χ2n) is 6.63. The SMILES string of the molecule is Fc1cccc(-c2ccc3c([C@H]4CCCN4c4ncccn4)nnn3c2)c1. The average molecular weight is 360 g/mol. The van der Waals surface area contributed by atoms with Gasteiger partial charge in [-0.15, -0.1) is 5.10 Å². The lowest BCUT2D eigenvalue weighted by molar-refractivity contribution is 0.628. The molecule has 134 valence electrons. The molecule has 1 saturated heterocycles. The van der Waals surface area contributed by atoms with E-state index >= 15 is 0 Å². The highest BCUT2D eigenvalue weighted by Gasteiger charge is 2.31. The van der Waals surface area contributed by atoms with E-state index in [1.54, 1.807) is 23.0 Å². The molecule has 1 aromatic carbocycles. The summed E-state index contributed by atoms with van der Waals surface area (Å²) in [5, 5.41) is 8.75. The maximum Gasteiger partial charge on any atom is 0.225 e. The second-order valence-corrected chi connectivity index (χ2v) is 6.63. The largest absolute Gasteiger partial charge is 0.332 e. The third-order valence-electron chi connectivity index (χ3n) is 4.98. The number of rotatable bonds is 3. The Bertz CT molecular complexity index is 1090. The van der Waals surface area contributed by atoms with Crippen LogP contribution in [0.15, 0.2) is 61.1 Å². The molecule has 0 N–H and O–H groups in total. The minimum atomic E-state index is -0.253. The van der Waals surface area contributed by atoms with Crippen molar-refractivity contribution in [2.75, 3.05) is 11.4 Å². The van der Waals surface area contributed by atoms with Crippen molar-refractivity contribution in [2.24, 2.45) is 0 Å². The van der Waals surface area contributed by atoms with Crippen molar-refractivity contribution in [1.82, 2.24) is 24.8 Å². The van der Waals surface area contributed by atoms with Gasteiger partial charge in [0, 0.05) is 30.7 Å². The molecule has 0 bridgehead atoms. The maximum atomic E-state index is 13.5. The molecular formula is C20H17FN6. The van der Waals surface area contributed by atoms with Crippen LogP contribution in [0.2, 0.25) is 0 Å². The molecule has 7 heteroatoms. The summed E-state index contributed by atoms with van der Waals surface area (Å²) in [4.78, 5) is 11.0. The average Bonchev–Trinajstić information content (AvgIpc) is 3.35. The lowest BCUT2D eigenvalue weighted by atomic mass is 10.1. The molecule has 0 spiro atoms. The first kappa shape index (κ1) is 15.9. The van der Waals surface area contributed by atoms with Crippen molar-refractivity contribution in [3.8, 4) is 11.1 Å². The molecule has 27 heavy (non-hydrogen) atoms. The van der Waals surface area contributed by atoms with E-state index in [4.69, 9.17) is 0 Å². The van der Waals surface area contributed by atoms with Crippen molar-refractivity contribution in [3.05, 3.63) is 72.6 Å². The molecule has 0 radical (unpaired) electrons. The minimum Gasteiger partial charge on any atom is -0.332 e. The Morgan fingerprint density at radius 3 is 2.74 bits per heavy atom. The van der Waals surface area contributed by atoms with Crippen LogP contribution in [-0.4, -0.2) is 31.3 Å². The zero-order chi connectivity index (χ0) is 18.2. The quantitative estimate of drug-likeness (QED) is 0.558. The van der Waals surface area contributed by atoms with Gasteiger partial charge in [0.05, 0.1) is 11.6 Å². The molecule has 1 atom stereocenters. The molecule has 1 fully saturated rings. The predicted octanol–water partition coefficient (Wildman–Crippen LogP) is 3.67. The summed E-state index contributed by atoms with van der Waals surface area (Å²) >= 11 is 0. The van der Waals surface area contributed by atoms with Gasteiger partial charge in [-0.3, -0.25) is 0 Å². The van der Waals surface area contributed by atoms with E-state index in [9.17, 15) is 4.39 Å². The molecule has 3 aromatic heterocycles. The van der Waals surface area contributed by atoms with Crippen LogP contribution in [-0.2, 0) is 0 Å². The molecular weight excluding hydrogens is 343 g/mol. The number of hydrogen-bond acceptors (Lipinski definition) is 5. The monoisotopic (exact) mass is 360 g/mol. The van der Waals surface area contributed by atoms with Gasteiger partial charge in [-0.1, -0.05) is 23.4 Å². The van der Waals surface area contributed by atoms with Gasteiger partial charge < -0.3 is 4.90 Å². The molecule has 0 aliphatic carbocycles. The van der Waals surface area contributed by atoms with E-state index in [0.717, 1.165) is 47.7 Å². The minimum absolute atomic E-state index is 0.102. The molecule has 0 amide bonds. The standard InChI is InChI=1S/C20H17FN6/c21-16-5-1-4-14(12-16)15-7-8-18-19(24-25-27(18)13-15)17-6-2-11-26(17)20-22-9-3-10-23-20/h1,3-5,7-10,12-13,17H,2,6,11H2/t17-/m1/s1. The topological polar surface area (TPSA) is 59.2 Å². The summed E-state index contributed by atoms with van der Waals surface area (Å²) in [7, 11) is 0. The Labute approximate surface area is 155 Å². The highest BCUT2D eigenvalue weighted by Crippen LogP contribution is 2.35. The van der Waals surface area contributed by atoms with Crippen molar-refractivity contribution in [1.29, 1.82) is 0 Å². The lowest BCUT2D eigenvalue weighted by Crippen LogP contribution is -2.24. The Hall–Kier alpha value is -3.35. The number of benzene rings is 1. The molecule has 4 aromatic rings. The maximum absolute atomic E-state index is 13.5. The number of halogens is 1. The first-order valence-electron chi connectivity index (χ1n) is 8.94. The zero-order valence-electron chi connectivity index (χ0n) is 14.5. The first-order chi connectivity index (χ1) is 13.3. The highest BCUT2D eigenvalue weighted by atomic mass is 19.1. The van der Waals surface area contributed by atoms with Crippen LogP contribution >= 0.6 is 0 Å². The van der Waals surface area contributed by atoms with E-state index in [1.165, 1.54) is 12.1 Å². The number of fused-ring (bicyclic) bond motifs is 1. The van der Waals surface area contributed by atoms with Crippen LogP contribution in [0.1, 0.15) is 24.6 Å². The Morgan fingerprint density at radius 2 is 1.89 bits per heavy atom. The molecule has 6 nitrogen and oxygen atoms in total. The third-order valence-corrected chi connectivity index (χ3v) is 4.98. The van der Waals surface area contributed by atoms with Crippen LogP contribution in [0.4, 0.5) is 10.3 Å². The third kappa shape index (κ3) is 2.81. The summed E-state index contributed by atoms with van der Waals surface area (Å²) < 4.78 is 15.3. The van der Waals surface area contributed by atoms with Crippen molar-refractivity contribution < 1.29 is 4.39 Å². The van der Waals surface area contributed by atoms with Gasteiger partial charge in [-0.25, -0.2) is 18.9 Å². The summed E-state index contributed by atoms with van der Waals surface area (Å²) in [5.41, 5.74) is 3.58. The Balaban J connectivity index is 1.53. The summed E-state index contributed by atoms with van der Waals surface area (Å²) in [6.45, 7) is 0.898. The fourth-order valence-corrected chi connectivity index (χ4v) is 3.72. The molecule has 1 aliphatic heterocycles. The van der Waals surface area contributed by atoms with Crippen molar-refractivity contribution >= 4 is 11.5 Å². The van der Waals surface area contributed by atoms with Gasteiger partial charge in [0.25, 0.3) is 0 Å². The number of nitrogens with zero attached hydrogens (tertiary/aromatic N) is 6. The predicted molar refractivity (Wildman–Crippen MR) is 99.7 cm³/mol. The molecule has 0 unspecified atom stereocenters. The van der Waals surface area contributed by atoms with Crippen LogP contribution in [0.5, 0.6) is 0 Å². The van der Waals surface area contributed by atoms with Crippen LogP contribution < -0.4 is 4.90 Å². The van der Waals surface area contributed by atoms with E-state index in [2.05, 4.69) is 25.2 Å². The van der Waals surface area contributed by atoms with Crippen LogP contribution in [0.25, 0.3) is 16.6 Å². The van der Waals surface area contributed by atoms with Crippen LogP contribution in [0, 0.1) is 5.82 Å². The Morgan fingerprint density at radius 1 is 1.00 bits per heavy atom. The highest BCUT2D eigenvalue weighted by molar-refractivity contribution is 5.66. The zero-order valence-corrected chi connectivity index (χ0v) is 14.5. The van der Waals surface area contributed by atoms with E-state index in [1.807, 2.05) is 30.5 Å². The Kier molecular flexibility index (Phi) is 3.78. The van der Waals surface area contributed by atoms with E-state index in [0.29, 0.717) is 0 Å². The molecule has 4 heterocycles. The van der Waals surface area contributed by atoms with Crippen LogP contribution in [0.3, 0.4) is 0 Å². The van der Waals surface area contributed by atoms with Gasteiger partial charge in [0.1, 0.15) is 11.5 Å². The summed E-state index contributed by atoms with van der Waals surface area (Å²) in [6, 6.07) is 12.4. The number of anilines is 1. The van der Waals surface area contributed by atoms with Crippen molar-refractivity contribution in [3.63, 3.8) is 0 Å². The fraction of sp³-hybridized carbons (Fsp3) is 0.200. The molecule has 5 rings (SSSR count). The smallest absolute Gasteiger partial charge is 0.225 e. The number of pyridine rings is 1. The van der Waals surface area contributed by atoms with Crippen molar-refractivity contribution in [2.45, 2.75) is 18.9 Å². The normalized spacial score (nSPS) is 16.9. The summed E-state index contributed by atoms with van der Waals surface area (Å²) in [6.07, 6.45) is 7.44. The van der Waals surface area contributed by atoms with Gasteiger partial charge in [-0.05, 0) is 42.7 Å².